The van der Waals surface area contributed by atoms with Crippen molar-refractivity contribution >= 4 is 21.5 Å². The maximum Gasteiger partial charge on any atom is 0.0708 e. The van der Waals surface area contributed by atoms with Gasteiger partial charge in [0, 0.05) is 0 Å². The van der Waals surface area contributed by atoms with Gasteiger partial charge in [-0.15, -0.1) is 0 Å². The summed E-state index contributed by atoms with van der Waals surface area (Å²) in [6, 6.07) is 83.1. The van der Waals surface area contributed by atoms with Crippen LogP contribution in [0.5, 0.6) is 0 Å². The van der Waals surface area contributed by atoms with Crippen molar-refractivity contribution in [3.63, 3.8) is 0 Å². The van der Waals surface area contributed by atoms with Gasteiger partial charge in [0.15, 0.2) is 0 Å². The molecule has 0 N–H and O–H groups in total. The van der Waals surface area contributed by atoms with Crippen molar-refractivity contribution in [3.8, 4) is 44.5 Å². The maximum absolute atomic E-state index is 2.60. The number of benzene rings is 10. The normalized spacial score (nSPS) is 14.5. The van der Waals surface area contributed by atoms with E-state index >= 15 is 0 Å². The second kappa shape index (κ2) is 11.6. The van der Waals surface area contributed by atoms with Crippen molar-refractivity contribution < 1.29 is 0 Å². The molecule has 0 aromatic heterocycles. The van der Waals surface area contributed by atoms with Crippen LogP contribution in [-0.4, -0.2) is 0 Å². The monoisotopic (exact) mass is 732 g/mol. The first-order valence-corrected chi connectivity index (χ1v) is 20.4. The zero-order valence-electron chi connectivity index (χ0n) is 31.8. The van der Waals surface area contributed by atoms with Crippen molar-refractivity contribution in [3.05, 3.63) is 263 Å². The molecule has 0 fully saturated rings. The molecule has 0 heteroatoms. The first-order chi connectivity index (χ1) is 28.8. The summed E-state index contributed by atoms with van der Waals surface area (Å²) in [4.78, 5) is 0. The maximum atomic E-state index is 2.60. The van der Waals surface area contributed by atoms with Gasteiger partial charge in [0.1, 0.15) is 0 Å². The molecule has 13 rings (SSSR count). The van der Waals surface area contributed by atoms with E-state index in [2.05, 4.69) is 218 Å². The average Bonchev–Trinajstić information content (AvgIpc) is 3.79. The third-order valence-corrected chi connectivity index (χ3v) is 13.7. The fourth-order valence-corrected chi connectivity index (χ4v) is 11.5. The van der Waals surface area contributed by atoms with Gasteiger partial charge in [0.05, 0.1) is 10.8 Å². The van der Waals surface area contributed by atoms with Gasteiger partial charge in [0.2, 0.25) is 0 Å². The predicted molar refractivity (Wildman–Crippen MR) is 240 cm³/mol. The molecule has 0 bridgehead atoms. The van der Waals surface area contributed by atoms with Crippen LogP contribution in [0.25, 0.3) is 66.1 Å². The van der Waals surface area contributed by atoms with Crippen LogP contribution in [0.2, 0.25) is 0 Å². The van der Waals surface area contributed by atoms with Gasteiger partial charge in [-0.3, -0.25) is 0 Å². The molecule has 0 aliphatic heterocycles. The number of hydrogen-bond donors (Lipinski definition) is 0. The van der Waals surface area contributed by atoms with Gasteiger partial charge >= 0.3 is 0 Å². The molecule has 0 saturated heterocycles. The summed E-state index contributed by atoms with van der Waals surface area (Å²) >= 11 is 0. The highest BCUT2D eigenvalue weighted by atomic mass is 14.6. The van der Waals surface area contributed by atoms with Crippen LogP contribution in [0.15, 0.2) is 218 Å². The first-order valence-electron chi connectivity index (χ1n) is 20.4. The minimum atomic E-state index is -0.657. The van der Waals surface area contributed by atoms with Crippen LogP contribution in [0.1, 0.15) is 44.5 Å². The molecule has 0 amide bonds. The van der Waals surface area contributed by atoms with Gasteiger partial charge in [-0.1, -0.05) is 194 Å². The molecule has 0 radical (unpaired) electrons. The summed E-state index contributed by atoms with van der Waals surface area (Å²) in [7, 11) is 0. The highest BCUT2D eigenvalue weighted by molar-refractivity contribution is 6.17. The van der Waals surface area contributed by atoms with Crippen molar-refractivity contribution in [1.82, 2.24) is 0 Å². The molecule has 0 nitrogen and oxygen atoms in total. The summed E-state index contributed by atoms with van der Waals surface area (Å²) in [5.74, 6) is 0. The Bertz CT molecular complexity index is 2860. The second-order valence-electron chi connectivity index (χ2n) is 16.3. The molecule has 10 aromatic rings. The molecule has 3 aliphatic carbocycles. The molecule has 0 saturated carbocycles. The van der Waals surface area contributed by atoms with Crippen molar-refractivity contribution in [2.24, 2.45) is 0 Å². The van der Waals surface area contributed by atoms with Gasteiger partial charge in [-0.25, -0.2) is 0 Å². The van der Waals surface area contributed by atoms with Gasteiger partial charge in [-0.2, -0.15) is 0 Å². The minimum absolute atomic E-state index is 0.657. The molecule has 268 valence electrons. The molecular weight excluding hydrogens is 697 g/mol. The fraction of sp³-hybridized carbons (Fsp3) is 0.0345. The Labute approximate surface area is 338 Å². The Morgan fingerprint density at radius 1 is 0.207 bits per heavy atom. The van der Waals surface area contributed by atoms with E-state index in [1.165, 1.54) is 111 Å². The number of hydrogen-bond acceptors (Lipinski definition) is 0. The van der Waals surface area contributed by atoms with E-state index in [1.54, 1.807) is 0 Å². The second-order valence-corrected chi connectivity index (χ2v) is 16.3. The lowest BCUT2D eigenvalue weighted by Gasteiger charge is -2.51. The van der Waals surface area contributed by atoms with E-state index in [-0.39, 0.29) is 0 Å². The molecule has 0 spiro atoms. The highest BCUT2D eigenvalue weighted by Crippen LogP contribution is 2.64. The largest absolute Gasteiger partial charge is 0.0708 e. The van der Waals surface area contributed by atoms with E-state index in [4.69, 9.17) is 0 Å². The van der Waals surface area contributed by atoms with Crippen molar-refractivity contribution in [2.75, 3.05) is 0 Å². The van der Waals surface area contributed by atoms with Crippen LogP contribution in [-0.2, 0) is 10.8 Å². The smallest absolute Gasteiger partial charge is 0.0622 e. The zero-order chi connectivity index (χ0) is 38.0. The molecule has 0 unspecified atom stereocenters. The van der Waals surface area contributed by atoms with Crippen LogP contribution in [0.4, 0.5) is 0 Å². The van der Waals surface area contributed by atoms with E-state index in [0.29, 0.717) is 0 Å². The summed E-state index contributed by atoms with van der Waals surface area (Å²) in [6.45, 7) is 0. The zero-order valence-corrected chi connectivity index (χ0v) is 31.8. The highest BCUT2D eigenvalue weighted by Gasteiger charge is 2.55. The van der Waals surface area contributed by atoms with Gasteiger partial charge in [-0.05, 0) is 135 Å². The van der Waals surface area contributed by atoms with Crippen LogP contribution in [0.3, 0.4) is 0 Å². The Morgan fingerprint density at radius 2 is 0.448 bits per heavy atom. The van der Waals surface area contributed by atoms with Crippen LogP contribution >= 0.6 is 0 Å². The quantitative estimate of drug-likeness (QED) is 0.169. The summed E-state index contributed by atoms with van der Waals surface area (Å²) < 4.78 is 0. The Morgan fingerprint density at radius 3 is 0.690 bits per heavy atom. The Hall–Kier alpha value is -7.28. The SMILES string of the molecule is c1ccc(C2(c3ccccc3)c3cc4c(cc3C(c3ccccc3)(c3ccccc3)c3cc5c(cc32)-c2cccc3cccc-5c23)-c2cccc3cccc-4c23)cc1. The van der Waals surface area contributed by atoms with Crippen molar-refractivity contribution in [2.45, 2.75) is 10.8 Å². The standard InChI is InChI=1S/C58H36/c1-5-21-39(22-6-1)57(40-23-7-2-8-24-40)51-33-47-43-29-13-17-37-19-15-31-45(55(37)43)49(47)35-53(51)58(41-25-9-3-10-26-41,42-27-11-4-12-28-42)54-36-50-46-32-16-20-38-18-14-30-44(56(38)46)48(50)34-52(54)57/h1-36H. The lowest BCUT2D eigenvalue weighted by Crippen LogP contribution is -2.45. The van der Waals surface area contributed by atoms with Gasteiger partial charge in [0.25, 0.3) is 0 Å². The van der Waals surface area contributed by atoms with E-state index < -0.39 is 10.8 Å². The lowest BCUT2D eigenvalue weighted by atomic mass is 9.50. The topological polar surface area (TPSA) is 0 Å². The summed E-state index contributed by atoms with van der Waals surface area (Å²) in [5.41, 5.74) is 19.5. The number of rotatable bonds is 4. The van der Waals surface area contributed by atoms with E-state index in [0.717, 1.165) is 0 Å². The summed E-state index contributed by atoms with van der Waals surface area (Å²) in [5, 5.41) is 5.26. The average molecular weight is 733 g/mol. The van der Waals surface area contributed by atoms with Crippen molar-refractivity contribution in [1.29, 1.82) is 0 Å². The summed E-state index contributed by atoms with van der Waals surface area (Å²) in [6.07, 6.45) is 0. The van der Waals surface area contributed by atoms with E-state index in [9.17, 15) is 0 Å². The molecular formula is C58H36. The lowest BCUT2D eigenvalue weighted by molar-refractivity contribution is 0.616. The van der Waals surface area contributed by atoms with Gasteiger partial charge < -0.3 is 0 Å². The van der Waals surface area contributed by atoms with E-state index in [1.807, 2.05) is 0 Å². The third kappa shape index (κ3) is 3.90. The molecule has 0 atom stereocenters. The Balaban J connectivity index is 1.30. The predicted octanol–water partition coefficient (Wildman–Crippen LogP) is 14.4. The number of fused-ring (bicyclic) bond motifs is 8. The molecule has 58 heavy (non-hydrogen) atoms. The fourth-order valence-electron chi connectivity index (χ4n) is 11.5. The first kappa shape index (κ1) is 31.9. The third-order valence-electron chi connectivity index (χ3n) is 13.7. The van der Waals surface area contributed by atoms with Crippen LogP contribution in [0, 0.1) is 0 Å². The Kier molecular flexibility index (Phi) is 6.39. The molecule has 0 heterocycles. The molecule has 3 aliphatic rings. The molecule has 10 aromatic carbocycles. The van der Waals surface area contributed by atoms with Crippen LogP contribution < -0.4 is 0 Å². The minimum Gasteiger partial charge on any atom is -0.0622 e.